The second-order valence-electron chi connectivity index (χ2n) is 6.19. The van der Waals surface area contributed by atoms with Crippen molar-refractivity contribution >= 4 is 11.5 Å². The van der Waals surface area contributed by atoms with Gasteiger partial charge in [0.15, 0.2) is 0 Å². The molecule has 0 bridgehead atoms. The lowest BCUT2D eigenvalue weighted by Crippen LogP contribution is -2.10. The van der Waals surface area contributed by atoms with Gasteiger partial charge in [0.1, 0.15) is 11.6 Å². The van der Waals surface area contributed by atoms with Crippen LogP contribution in [0, 0.1) is 19.7 Å². The zero-order valence-electron chi connectivity index (χ0n) is 14.9. The molecule has 0 aliphatic carbocycles. The third-order valence-corrected chi connectivity index (χ3v) is 4.19. The van der Waals surface area contributed by atoms with E-state index in [9.17, 15) is 4.39 Å². The fourth-order valence-electron chi connectivity index (χ4n) is 2.71. The summed E-state index contributed by atoms with van der Waals surface area (Å²) >= 11 is 0. The minimum absolute atomic E-state index is 0.249. The van der Waals surface area contributed by atoms with Crippen molar-refractivity contribution in [2.45, 2.75) is 20.4 Å². The highest BCUT2D eigenvalue weighted by Gasteiger charge is 2.12. The van der Waals surface area contributed by atoms with Crippen LogP contribution in [0.5, 0.6) is 0 Å². The monoisotopic (exact) mass is 339 g/mol. The molecule has 0 fully saturated rings. The molecule has 5 nitrogen and oxygen atoms in total. The van der Waals surface area contributed by atoms with Crippen molar-refractivity contribution < 1.29 is 4.39 Å². The molecule has 0 aliphatic rings. The predicted molar refractivity (Wildman–Crippen MR) is 98.9 cm³/mol. The van der Waals surface area contributed by atoms with Crippen LogP contribution in [0.15, 0.2) is 42.6 Å². The Morgan fingerprint density at radius 1 is 1.08 bits per heavy atom. The minimum Gasteiger partial charge on any atom is -0.380 e. The highest BCUT2D eigenvalue weighted by molar-refractivity contribution is 5.49. The second kappa shape index (κ2) is 6.93. The average molecular weight is 339 g/mol. The SMILES string of the molecule is Cc1nn(-c2ccc(F)cc2)c(C)c1CNc1ccc(N(C)C)nc1. The number of aryl methyl sites for hydroxylation is 1. The number of pyridine rings is 1. The third kappa shape index (κ3) is 3.63. The molecule has 0 amide bonds. The lowest BCUT2D eigenvalue weighted by Gasteiger charge is -2.12. The van der Waals surface area contributed by atoms with Gasteiger partial charge in [0.25, 0.3) is 0 Å². The van der Waals surface area contributed by atoms with Crippen LogP contribution in [-0.2, 0) is 6.54 Å². The van der Waals surface area contributed by atoms with Crippen molar-refractivity contribution in [2.75, 3.05) is 24.3 Å². The smallest absolute Gasteiger partial charge is 0.128 e. The number of nitrogens with one attached hydrogen (secondary N) is 1. The lowest BCUT2D eigenvalue weighted by molar-refractivity contribution is 0.627. The molecule has 2 aromatic heterocycles. The van der Waals surface area contributed by atoms with Gasteiger partial charge in [-0.15, -0.1) is 0 Å². The Morgan fingerprint density at radius 2 is 1.80 bits per heavy atom. The maximum absolute atomic E-state index is 13.1. The van der Waals surface area contributed by atoms with Gasteiger partial charge in [-0.05, 0) is 50.2 Å². The van der Waals surface area contributed by atoms with E-state index in [-0.39, 0.29) is 5.82 Å². The van der Waals surface area contributed by atoms with Crippen LogP contribution < -0.4 is 10.2 Å². The Morgan fingerprint density at radius 3 is 2.40 bits per heavy atom. The quantitative estimate of drug-likeness (QED) is 0.770. The molecule has 3 rings (SSSR count). The summed E-state index contributed by atoms with van der Waals surface area (Å²) < 4.78 is 15.0. The number of hydrogen-bond donors (Lipinski definition) is 1. The first-order valence-electron chi connectivity index (χ1n) is 8.14. The number of benzene rings is 1. The van der Waals surface area contributed by atoms with Gasteiger partial charge in [0, 0.05) is 31.9 Å². The maximum Gasteiger partial charge on any atom is 0.128 e. The van der Waals surface area contributed by atoms with E-state index in [1.807, 2.05) is 55.9 Å². The summed E-state index contributed by atoms with van der Waals surface area (Å²) in [5.74, 6) is 0.669. The van der Waals surface area contributed by atoms with Crippen molar-refractivity contribution in [1.82, 2.24) is 14.8 Å². The zero-order valence-corrected chi connectivity index (χ0v) is 14.9. The molecule has 0 aliphatic heterocycles. The summed E-state index contributed by atoms with van der Waals surface area (Å²) in [6.45, 7) is 4.66. The van der Waals surface area contributed by atoms with Crippen molar-refractivity contribution in [1.29, 1.82) is 0 Å². The van der Waals surface area contributed by atoms with Crippen LogP contribution in [-0.4, -0.2) is 28.9 Å². The van der Waals surface area contributed by atoms with Gasteiger partial charge >= 0.3 is 0 Å². The van der Waals surface area contributed by atoms with Crippen LogP contribution in [0.1, 0.15) is 17.0 Å². The Hall–Kier alpha value is -2.89. The number of rotatable bonds is 5. The molecule has 130 valence electrons. The van der Waals surface area contributed by atoms with Gasteiger partial charge in [-0.25, -0.2) is 14.1 Å². The lowest BCUT2D eigenvalue weighted by atomic mass is 10.2. The first-order valence-corrected chi connectivity index (χ1v) is 8.14. The largest absolute Gasteiger partial charge is 0.380 e. The topological polar surface area (TPSA) is 46.0 Å². The fourth-order valence-corrected chi connectivity index (χ4v) is 2.71. The van der Waals surface area contributed by atoms with Gasteiger partial charge in [-0.3, -0.25) is 0 Å². The molecule has 0 atom stereocenters. The van der Waals surface area contributed by atoms with E-state index in [0.717, 1.165) is 34.1 Å². The first kappa shape index (κ1) is 17.0. The van der Waals surface area contributed by atoms with Crippen molar-refractivity contribution in [2.24, 2.45) is 0 Å². The summed E-state index contributed by atoms with van der Waals surface area (Å²) in [7, 11) is 3.93. The van der Waals surface area contributed by atoms with E-state index in [2.05, 4.69) is 15.4 Å². The molecule has 1 N–H and O–H groups in total. The summed E-state index contributed by atoms with van der Waals surface area (Å²) in [5.41, 5.74) is 4.92. The van der Waals surface area contributed by atoms with Crippen molar-refractivity contribution in [3.63, 3.8) is 0 Å². The summed E-state index contributed by atoms with van der Waals surface area (Å²) in [4.78, 5) is 6.37. The molecular formula is C19H22FN5. The molecule has 3 aromatic rings. The molecular weight excluding hydrogens is 317 g/mol. The van der Waals surface area contributed by atoms with Crippen LogP contribution in [0.2, 0.25) is 0 Å². The Bertz CT molecular complexity index is 851. The van der Waals surface area contributed by atoms with Gasteiger partial charge < -0.3 is 10.2 Å². The molecule has 25 heavy (non-hydrogen) atoms. The summed E-state index contributed by atoms with van der Waals surface area (Å²) in [6.07, 6.45) is 1.82. The van der Waals surface area contributed by atoms with Crippen molar-refractivity contribution in [3.05, 3.63) is 65.4 Å². The van der Waals surface area contributed by atoms with E-state index in [1.54, 1.807) is 12.1 Å². The van der Waals surface area contributed by atoms with Crippen molar-refractivity contribution in [3.8, 4) is 5.69 Å². The number of aromatic nitrogens is 3. The molecule has 0 saturated heterocycles. The average Bonchev–Trinajstić information content (AvgIpc) is 2.88. The standard InChI is InChI=1S/C19H22FN5/c1-13-18(12-21-16-7-10-19(22-11-16)24(3)4)14(2)25(23-13)17-8-5-15(20)6-9-17/h5-11,21H,12H2,1-4H3. The van der Waals surface area contributed by atoms with Gasteiger partial charge in [-0.2, -0.15) is 5.10 Å². The first-order chi connectivity index (χ1) is 12.0. The fraction of sp³-hybridized carbons (Fsp3) is 0.263. The highest BCUT2D eigenvalue weighted by Crippen LogP contribution is 2.20. The van der Waals surface area contributed by atoms with Gasteiger partial charge in [0.05, 0.1) is 23.3 Å². The number of nitrogens with zero attached hydrogens (tertiary/aromatic N) is 4. The number of halogens is 1. The van der Waals surface area contributed by atoms with Crippen LogP contribution in [0.4, 0.5) is 15.9 Å². The second-order valence-corrected chi connectivity index (χ2v) is 6.19. The van der Waals surface area contributed by atoms with E-state index < -0.39 is 0 Å². The molecule has 1 aromatic carbocycles. The Kier molecular flexibility index (Phi) is 4.70. The van der Waals surface area contributed by atoms with E-state index in [0.29, 0.717) is 6.54 Å². The molecule has 2 heterocycles. The number of anilines is 2. The van der Waals surface area contributed by atoms with E-state index in [1.165, 1.54) is 12.1 Å². The molecule has 0 unspecified atom stereocenters. The van der Waals surface area contributed by atoms with Gasteiger partial charge in [-0.1, -0.05) is 0 Å². The van der Waals surface area contributed by atoms with E-state index >= 15 is 0 Å². The predicted octanol–water partition coefficient (Wildman–Crippen LogP) is 3.70. The molecule has 0 spiro atoms. The van der Waals surface area contributed by atoms with Gasteiger partial charge in [0.2, 0.25) is 0 Å². The maximum atomic E-state index is 13.1. The van der Waals surface area contributed by atoms with Crippen LogP contribution >= 0.6 is 0 Å². The molecule has 6 heteroatoms. The molecule has 0 radical (unpaired) electrons. The summed E-state index contributed by atoms with van der Waals surface area (Å²) in [6, 6.07) is 10.3. The Labute approximate surface area is 147 Å². The van der Waals surface area contributed by atoms with E-state index in [4.69, 9.17) is 0 Å². The summed E-state index contributed by atoms with van der Waals surface area (Å²) in [5, 5.41) is 7.98. The molecule has 0 saturated carbocycles. The zero-order chi connectivity index (χ0) is 18.0. The van der Waals surface area contributed by atoms with Crippen LogP contribution in [0.3, 0.4) is 0 Å². The van der Waals surface area contributed by atoms with Crippen LogP contribution in [0.25, 0.3) is 5.69 Å². The third-order valence-electron chi connectivity index (χ3n) is 4.19. The highest BCUT2D eigenvalue weighted by atomic mass is 19.1. The number of hydrogen-bond acceptors (Lipinski definition) is 4. The minimum atomic E-state index is -0.249. The Balaban J connectivity index is 1.78. The normalized spacial score (nSPS) is 10.8.